The summed E-state index contributed by atoms with van der Waals surface area (Å²) in [5.41, 5.74) is 3.90. The molecule has 8 nitrogen and oxygen atoms in total. The maximum atomic E-state index is 13.7. The van der Waals surface area contributed by atoms with Crippen molar-refractivity contribution >= 4 is 28.8 Å². The third kappa shape index (κ3) is 4.18. The Morgan fingerprint density at radius 1 is 0.825 bits per heavy atom. The van der Waals surface area contributed by atoms with Crippen molar-refractivity contribution in [1.82, 2.24) is 5.32 Å². The number of aliphatic hydroxyl groups is 1. The number of hydrogen-bond donors (Lipinski definition) is 2. The smallest absolute Gasteiger partial charge is 0.322 e. The van der Waals surface area contributed by atoms with Crippen molar-refractivity contribution in [3.63, 3.8) is 0 Å². The lowest BCUT2D eigenvalue weighted by molar-refractivity contribution is -0.169. The van der Waals surface area contributed by atoms with E-state index in [9.17, 15) is 9.90 Å². The summed E-state index contributed by atoms with van der Waals surface area (Å²) in [7, 11) is 0. The summed E-state index contributed by atoms with van der Waals surface area (Å²) in [5, 5.41) is 14.4. The highest BCUT2D eigenvalue weighted by atomic mass is 16.7. The molecule has 4 saturated carbocycles. The van der Waals surface area contributed by atoms with Gasteiger partial charge in [0.2, 0.25) is 0 Å². The molecular formula is C32H40N4O4. The summed E-state index contributed by atoms with van der Waals surface area (Å²) in [6.45, 7) is 4.64. The number of nitrogens with one attached hydrogen (secondary N) is 1. The summed E-state index contributed by atoms with van der Waals surface area (Å²) >= 11 is 0. The van der Waals surface area contributed by atoms with E-state index in [-0.39, 0.29) is 17.9 Å². The second-order valence-corrected chi connectivity index (χ2v) is 13.1. The molecule has 2 N–H and O–H groups in total. The minimum Gasteiger partial charge on any atom is -0.390 e. The van der Waals surface area contributed by atoms with Crippen molar-refractivity contribution in [3.05, 3.63) is 48.5 Å². The van der Waals surface area contributed by atoms with Crippen LogP contribution in [0.4, 0.5) is 27.5 Å². The minimum absolute atomic E-state index is 0.00463. The van der Waals surface area contributed by atoms with Crippen LogP contribution in [-0.4, -0.2) is 68.0 Å². The monoisotopic (exact) mass is 544 g/mol. The number of nitrogens with zero attached hydrogens (tertiary/aromatic N) is 3. The van der Waals surface area contributed by atoms with Gasteiger partial charge in [-0.2, -0.15) is 0 Å². The number of carbonyl (C=O) groups excluding carboxylic acids is 1. The predicted molar refractivity (Wildman–Crippen MR) is 154 cm³/mol. The van der Waals surface area contributed by atoms with E-state index >= 15 is 0 Å². The number of ether oxygens (including phenoxy) is 2. The van der Waals surface area contributed by atoms with E-state index in [1.807, 2.05) is 11.0 Å². The first kappa shape index (κ1) is 24.9. The van der Waals surface area contributed by atoms with Crippen LogP contribution in [0.15, 0.2) is 48.5 Å². The van der Waals surface area contributed by atoms with E-state index in [0.717, 1.165) is 81.6 Å². The molecule has 6 fully saturated rings. The number of piperidine rings is 1. The van der Waals surface area contributed by atoms with Gasteiger partial charge in [-0.3, -0.25) is 4.90 Å². The second-order valence-electron chi connectivity index (χ2n) is 13.1. The highest BCUT2D eigenvalue weighted by Gasteiger charge is 2.55. The fourth-order valence-corrected chi connectivity index (χ4v) is 9.01. The molecule has 40 heavy (non-hydrogen) atoms. The maximum absolute atomic E-state index is 13.7. The molecule has 2 amide bonds. The zero-order chi connectivity index (χ0) is 26.9. The molecule has 2 atom stereocenters. The number of hydrogen-bond acceptors (Lipinski definition) is 6. The molecule has 2 unspecified atom stereocenters. The summed E-state index contributed by atoms with van der Waals surface area (Å²) in [4.78, 5) is 20.4. The number of amides is 2. The van der Waals surface area contributed by atoms with Crippen LogP contribution in [0.5, 0.6) is 0 Å². The Bertz CT molecular complexity index is 1250. The standard InChI is InChI=1S/C32H40N4O4/c37-30(33-29-23-17-22-18-24(29)21-31(38,19-22)20-23)36-14-13-35(27-3-1-2-4-28(27)36)26-7-5-25(6-8-26)34-11-9-32(10-12-34)39-15-16-40-32/h1-8,22-24,29,38H,9-21H2,(H,33,37). The van der Waals surface area contributed by atoms with E-state index in [2.05, 4.69) is 57.6 Å². The lowest BCUT2D eigenvalue weighted by atomic mass is 9.52. The Balaban J connectivity index is 0.965. The molecule has 2 aromatic carbocycles. The number of carbonyl (C=O) groups is 1. The number of rotatable bonds is 3. The highest BCUT2D eigenvalue weighted by Crippen LogP contribution is 2.55. The van der Waals surface area contributed by atoms with E-state index < -0.39 is 5.60 Å². The van der Waals surface area contributed by atoms with Crippen LogP contribution in [0.3, 0.4) is 0 Å². The van der Waals surface area contributed by atoms with Crippen LogP contribution in [0, 0.1) is 17.8 Å². The molecule has 2 aromatic rings. The number of benzene rings is 2. The Morgan fingerprint density at radius 2 is 1.48 bits per heavy atom. The average Bonchev–Trinajstić information content (AvgIpc) is 3.42. The third-order valence-electron chi connectivity index (χ3n) is 10.7. The van der Waals surface area contributed by atoms with Gasteiger partial charge in [-0.15, -0.1) is 0 Å². The summed E-state index contributed by atoms with van der Waals surface area (Å²) < 4.78 is 11.8. The van der Waals surface area contributed by atoms with Gasteiger partial charge in [0.15, 0.2) is 5.79 Å². The number of para-hydroxylation sites is 2. The van der Waals surface area contributed by atoms with E-state index in [1.165, 1.54) is 5.69 Å². The molecule has 3 aliphatic heterocycles. The molecule has 0 radical (unpaired) electrons. The highest BCUT2D eigenvalue weighted by molar-refractivity contribution is 5.98. The fourth-order valence-electron chi connectivity index (χ4n) is 9.01. The molecule has 0 aromatic heterocycles. The first-order chi connectivity index (χ1) is 19.5. The van der Waals surface area contributed by atoms with Gasteiger partial charge in [-0.05, 0) is 86.3 Å². The quantitative estimate of drug-likeness (QED) is 0.587. The molecule has 2 saturated heterocycles. The fraction of sp³-hybridized carbons (Fsp3) is 0.594. The first-order valence-electron chi connectivity index (χ1n) is 15.3. The van der Waals surface area contributed by atoms with Gasteiger partial charge < -0.3 is 29.7 Å². The van der Waals surface area contributed by atoms with Crippen LogP contribution in [0.25, 0.3) is 0 Å². The van der Waals surface area contributed by atoms with Gasteiger partial charge in [0.1, 0.15) is 0 Å². The molecule has 8 heteroatoms. The predicted octanol–water partition coefficient (Wildman–Crippen LogP) is 4.64. The largest absolute Gasteiger partial charge is 0.390 e. The normalized spacial score (nSPS) is 33.9. The molecular weight excluding hydrogens is 504 g/mol. The first-order valence-corrected chi connectivity index (χ1v) is 15.3. The van der Waals surface area contributed by atoms with Gasteiger partial charge in [-0.1, -0.05) is 12.1 Å². The van der Waals surface area contributed by atoms with E-state index in [0.29, 0.717) is 37.5 Å². The van der Waals surface area contributed by atoms with Gasteiger partial charge in [0, 0.05) is 56.4 Å². The van der Waals surface area contributed by atoms with Crippen LogP contribution in [0.1, 0.15) is 44.9 Å². The minimum atomic E-state index is -0.486. The van der Waals surface area contributed by atoms with Gasteiger partial charge >= 0.3 is 6.03 Å². The molecule has 4 bridgehead atoms. The Labute approximate surface area is 236 Å². The number of fused-ring (bicyclic) bond motifs is 1. The SMILES string of the molecule is O=C(NC1C2CC3CC1CC(O)(C3)C2)N1CCN(c2ccc(N3CCC4(CC3)OCCO4)cc2)c2ccccc21. The van der Waals surface area contributed by atoms with Crippen molar-refractivity contribution in [1.29, 1.82) is 0 Å². The zero-order valence-electron chi connectivity index (χ0n) is 23.1. The second kappa shape index (κ2) is 9.36. The van der Waals surface area contributed by atoms with Crippen LogP contribution in [0.2, 0.25) is 0 Å². The summed E-state index contributed by atoms with van der Waals surface area (Å²) in [6, 6.07) is 17.3. The Hall–Kier alpha value is -2.81. The number of urea groups is 1. The van der Waals surface area contributed by atoms with Crippen LogP contribution < -0.4 is 20.0 Å². The summed E-state index contributed by atoms with van der Waals surface area (Å²) in [6.07, 6.45) is 6.72. The van der Waals surface area contributed by atoms with Crippen LogP contribution in [-0.2, 0) is 9.47 Å². The maximum Gasteiger partial charge on any atom is 0.322 e. The Kier molecular flexibility index (Phi) is 5.84. The number of anilines is 4. The van der Waals surface area contributed by atoms with Gasteiger partial charge in [0.25, 0.3) is 0 Å². The molecule has 4 aliphatic carbocycles. The van der Waals surface area contributed by atoms with Gasteiger partial charge in [-0.25, -0.2) is 4.79 Å². The lowest BCUT2D eigenvalue weighted by Crippen LogP contribution is -2.63. The molecule has 7 aliphatic rings. The van der Waals surface area contributed by atoms with Crippen molar-refractivity contribution < 1.29 is 19.4 Å². The lowest BCUT2D eigenvalue weighted by Gasteiger charge is -2.58. The van der Waals surface area contributed by atoms with Crippen LogP contribution >= 0.6 is 0 Å². The van der Waals surface area contributed by atoms with Gasteiger partial charge in [0.05, 0.1) is 30.2 Å². The third-order valence-corrected chi connectivity index (χ3v) is 10.7. The molecule has 3 heterocycles. The van der Waals surface area contributed by atoms with Crippen molar-refractivity contribution in [2.24, 2.45) is 17.8 Å². The summed E-state index contributed by atoms with van der Waals surface area (Å²) in [5.74, 6) is 1.08. The van der Waals surface area contributed by atoms with E-state index in [4.69, 9.17) is 9.47 Å². The molecule has 212 valence electrons. The Morgan fingerprint density at radius 3 is 2.15 bits per heavy atom. The molecule has 9 rings (SSSR count). The topological polar surface area (TPSA) is 77.5 Å². The average molecular weight is 545 g/mol. The van der Waals surface area contributed by atoms with Crippen molar-refractivity contribution in [2.75, 3.05) is 54.1 Å². The van der Waals surface area contributed by atoms with Crippen molar-refractivity contribution in [3.8, 4) is 0 Å². The van der Waals surface area contributed by atoms with Crippen molar-refractivity contribution in [2.45, 2.75) is 62.4 Å². The van der Waals surface area contributed by atoms with E-state index in [1.54, 1.807) is 0 Å². The molecule has 1 spiro atoms. The zero-order valence-corrected chi connectivity index (χ0v) is 23.1.